The van der Waals surface area contributed by atoms with Crippen molar-refractivity contribution in [3.63, 3.8) is 0 Å². The smallest absolute Gasteiger partial charge is 0.194 e. The van der Waals surface area contributed by atoms with E-state index < -0.39 is 0 Å². The van der Waals surface area contributed by atoms with Crippen LogP contribution in [0.15, 0.2) is 23.2 Å². The Kier molecular flexibility index (Phi) is 6.11. The van der Waals surface area contributed by atoms with Crippen LogP contribution in [0.25, 0.3) is 0 Å². The molecule has 3 fully saturated rings. The van der Waals surface area contributed by atoms with Gasteiger partial charge in [-0.25, -0.2) is 9.38 Å². The highest BCUT2D eigenvalue weighted by molar-refractivity contribution is 14.0. The summed E-state index contributed by atoms with van der Waals surface area (Å²) in [4.78, 5) is 6.96. The molecule has 0 spiro atoms. The molecule has 4 atom stereocenters. The van der Waals surface area contributed by atoms with E-state index in [9.17, 15) is 4.39 Å². The Hall–Kier alpha value is -0.600. The molecule has 0 saturated carbocycles. The maximum Gasteiger partial charge on any atom is 0.194 e. The van der Waals surface area contributed by atoms with E-state index in [2.05, 4.69) is 22.1 Å². The summed E-state index contributed by atoms with van der Waals surface area (Å²) < 4.78 is 20.0. The number of benzene rings is 1. The SMILES string of the molecule is CCNC(=NCc1c(F)cccc1Cl)N1CC2C3CCC(O3)C2C1.I. The maximum absolute atomic E-state index is 14.0. The van der Waals surface area contributed by atoms with Gasteiger partial charge in [0.05, 0.1) is 18.8 Å². The van der Waals surface area contributed by atoms with Crippen LogP contribution in [0.3, 0.4) is 0 Å². The fourth-order valence-corrected chi connectivity index (χ4v) is 4.62. The van der Waals surface area contributed by atoms with Crippen molar-refractivity contribution in [2.45, 2.75) is 38.5 Å². The number of ether oxygens (including phenoxy) is 1. The highest BCUT2D eigenvalue weighted by atomic mass is 127. The summed E-state index contributed by atoms with van der Waals surface area (Å²) >= 11 is 6.11. The van der Waals surface area contributed by atoms with Crippen LogP contribution in [0.4, 0.5) is 4.39 Å². The first kappa shape index (κ1) is 19.2. The summed E-state index contributed by atoms with van der Waals surface area (Å²) in [5.74, 6) is 1.78. The molecule has 3 aliphatic rings. The highest BCUT2D eigenvalue weighted by Gasteiger charge is 2.53. The minimum absolute atomic E-state index is 0. The number of hydrogen-bond acceptors (Lipinski definition) is 2. The van der Waals surface area contributed by atoms with Gasteiger partial charge in [0, 0.05) is 42.1 Å². The van der Waals surface area contributed by atoms with Gasteiger partial charge in [-0.15, -0.1) is 24.0 Å². The summed E-state index contributed by atoms with van der Waals surface area (Å²) in [6, 6.07) is 4.75. The van der Waals surface area contributed by atoms with Gasteiger partial charge in [0.25, 0.3) is 0 Å². The Balaban J connectivity index is 0.00000182. The monoisotopic (exact) mass is 479 g/mol. The van der Waals surface area contributed by atoms with Crippen LogP contribution in [0.2, 0.25) is 5.02 Å². The minimum Gasteiger partial charge on any atom is -0.374 e. The quantitative estimate of drug-likeness (QED) is 0.408. The maximum atomic E-state index is 14.0. The van der Waals surface area contributed by atoms with Gasteiger partial charge in [-0.3, -0.25) is 0 Å². The lowest BCUT2D eigenvalue weighted by atomic mass is 9.82. The third-order valence-electron chi connectivity index (χ3n) is 5.54. The summed E-state index contributed by atoms with van der Waals surface area (Å²) in [7, 11) is 0. The summed E-state index contributed by atoms with van der Waals surface area (Å²) in [5, 5.41) is 3.77. The molecule has 0 aliphatic carbocycles. The van der Waals surface area contributed by atoms with Gasteiger partial charge in [-0.1, -0.05) is 17.7 Å². The van der Waals surface area contributed by atoms with E-state index in [-0.39, 0.29) is 36.3 Å². The van der Waals surface area contributed by atoms with Crippen molar-refractivity contribution < 1.29 is 9.13 Å². The molecule has 3 heterocycles. The molecule has 2 bridgehead atoms. The fraction of sp³-hybridized carbons (Fsp3) is 0.611. The number of fused-ring (bicyclic) bond motifs is 5. The predicted molar refractivity (Wildman–Crippen MR) is 108 cm³/mol. The fourth-order valence-electron chi connectivity index (χ4n) is 4.40. The van der Waals surface area contributed by atoms with Crippen LogP contribution >= 0.6 is 35.6 Å². The first-order chi connectivity index (χ1) is 11.7. The second-order valence-corrected chi connectivity index (χ2v) is 7.30. The second kappa shape index (κ2) is 7.96. The van der Waals surface area contributed by atoms with Gasteiger partial charge < -0.3 is 15.0 Å². The van der Waals surface area contributed by atoms with E-state index in [1.807, 2.05) is 0 Å². The average molecular weight is 480 g/mol. The lowest BCUT2D eigenvalue weighted by Crippen LogP contribution is -2.41. The van der Waals surface area contributed by atoms with Crippen molar-refractivity contribution in [2.24, 2.45) is 16.8 Å². The third kappa shape index (κ3) is 3.62. The summed E-state index contributed by atoms with van der Waals surface area (Å²) in [6.45, 7) is 5.04. The van der Waals surface area contributed by atoms with E-state index >= 15 is 0 Å². The largest absolute Gasteiger partial charge is 0.374 e. The molecule has 3 aliphatic heterocycles. The Morgan fingerprint density at radius 1 is 1.32 bits per heavy atom. The van der Waals surface area contributed by atoms with E-state index in [0.29, 0.717) is 34.6 Å². The van der Waals surface area contributed by atoms with Crippen LogP contribution in [0.1, 0.15) is 25.3 Å². The number of guanidine groups is 1. The average Bonchev–Trinajstić information content (AvgIpc) is 3.26. The summed E-state index contributed by atoms with van der Waals surface area (Å²) in [6.07, 6.45) is 3.24. The van der Waals surface area contributed by atoms with Gasteiger partial charge in [-0.2, -0.15) is 0 Å². The zero-order valence-corrected chi connectivity index (χ0v) is 17.3. The number of nitrogens with zero attached hydrogens (tertiary/aromatic N) is 2. The number of rotatable bonds is 3. The molecule has 0 radical (unpaired) electrons. The van der Waals surface area contributed by atoms with E-state index in [1.54, 1.807) is 12.1 Å². The molecule has 1 aromatic rings. The van der Waals surface area contributed by atoms with Crippen molar-refractivity contribution in [3.05, 3.63) is 34.6 Å². The molecule has 3 saturated heterocycles. The Bertz CT molecular complexity index is 621. The molecular formula is C18H24ClFIN3O. The van der Waals surface area contributed by atoms with Gasteiger partial charge in [-0.05, 0) is 31.9 Å². The first-order valence-electron chi connectivity index (χ1n) is 8.79. The molecular weight excluding hydrogens is 456 g/mol. The van der Waals surface area contributed by atoms with Crippen LogP contribution in [0, 0.1) is 17.7 Å². The third-order valence-corrected chi connectivity index (χ3v) is 5.89. The van der Waals surface area contributed by atoms with Gasteiger partial charge in [0.1, 0.15) is 5.82 Å². The number of aliphatic imine (C=N–C) groups is 1. The minimum atomic E-state index is -0.299. The van der Waals surface area contributed by atoms with Crippen molar-refractivity contribution in [2.75, 3.05) is 19.6 Å². The molecule has 138 valence electrons. The standard InChI is InChI=1S/C18H23ClFN3O.HI/c1-2-21-18(22-8-11-14(19)4-3-5-15(11)20)23-9-12-13(10-23)17-7-6-16(12)24-17;/h3-5,12-13,16-17H,2,6-10H2,1H3,(H,21,22);1H. The molecule has 4 nitrogen and oxygen atoms in total. The van der Waals surface area contributed by atoms with Crippen LogP contribution in [0.5, 0.6) is 0 Å². The zero-order valence-electron chi connectivity index (χ0n) is 14.3. The normalized spacial score (nSPS) is 30.4. The van der Waals surface area contributed by atoms with Crippen LogP contribution in [-0.4, -0.2) is 42.7 Å². The van der Waals surface area contributed by atoms with E-state index in [1.165, 1.54) is 18.9 Å². The van der Waals surface area contributed by atoms with Crippen molar-refractivity contribution in [1.82, 2.24) is 10.2 Å². The molecule has 0 aromatic heterocycles. The lowest BCUT2D eigenvalue weighted by Gasteiger charge is -2.23. The molecule has 1 aromatic carbocycles. The Morgan fingerprint density at radius 3 is 2.60 bits per heavy atom. The van der Waals surface area contributed by atoms with Gasteiger partial charge in [0.2, 0.25) is 0 Å². The highest BCUT2D eigenvalue weighted by Crippen LogP contribution is 2.47. The van der Waals surface area contributed by atoms with Crippen molar-refractivity contribution in [3.8, 4) is 0 Å². The molecule has 4 rings (SSSR count). The Morgan fingerprint density at radius 2 is 2.00 bits per heavy atom. The topological polar surface area (TPSA) is 36.9 Å². The van der Waals surface area contributed by atoms with Crippen LogP contribution < -0.4 is 5.32 Å². The molecule has 1 N–H and O–H groups in total. The van der Waals surface area contributed by atoms with E-state index in [4.69, 9.17) is 16.3 Å². The van der Waals surface area contributed by atoms with Gasteiger partial charge in [0.15, 0.2) is 5.96 Å². The number of likely N-dealkylation sites (tertiary alicyclic amines) is 1. The predicted octanol–water partition coefficient (Wildman–Crippen LogP) is 3.67. The second-order valence-electron chi connectivity index (χ2n) is 6.89. The van der Waals surface area contributed by atoms with Crippen LogP contribution in [-0.2, 0) is 11.3 Å². The molecule has 0 amide bonds. The Labute approximate surface area is 170 Å². The first-order valence-corrected chi connectivity index (χ1v) is 9.16. The van der Waals surface area contributed by atoms with Crippen molar-refractivity contribution in [1.29, 1.82) is 0 Å². The zero-order chi connectivity index (χ0) is 16.7. The molecule has 4 unspecified atom stereocenters. The van der Waals surface area contributed by atoms with Gasteiger partial charge >= 0.3 is 0 Å². The number of halogens is 3. The lowest BCUT2D eigenvalue weighted by molar-refractivity contribution is 0.0767. The number of hydrogen-bond donors (Lipinski definition) is 1. The van der Waals surface area contributed by atoms with E-state index in [0.717, 1.165) is 25.6 Å². The summed E-state index contributed by atoms with van der Waals surface area (Å²) in [5.41, 5.74) is 0.456. The molecule has 7 heteroatoms. The molecule has 25 heavy (non-hydrogen) atoms. The number of nitrogens with one attached hydrogen (secondary N) is 1. The van der Waals surface area contributed by atoms with Crippen molar-refractivity contribution >= 4 is 41.5 Å².